The van der Waals surface area contributed by atoms with E-state index in [1.165, 1.54) is 0 Å². The monoisotopic (exact) mass is 241 g/mol. The first-order valence-electron chi connectivity index (χ1n) is 5.67. The Labute approximate surface area is 106 Å². The van der Waals surface area contributed by atoms with Gasteiger partial charge >= 0.3 is 0 Å². The summed E-state index contributed by atoms with van der Waals surface area (Å²) in [5, 5.41) is 2.75. The zero-order valence-electron chi connectivity index (χ0n) is 10.4. The van der Waals surface area contributed by atoms with Crippen LogP contribution in [-0.2, 0) is 0 Å². The molecule has 3 N–H and O–H groups in total. The number of pyridine rings is 1. The number of hydrogen-bond donors (Lipinski definition) is 2. The highest BCUT2D eigenvalue weighted by atomic mass is 16.1. The van der Waals surface area contributed by atoms with Gasteiger partial charge < -0.3 is 11.1 Å². The highest BCUT2D eigenvalue weighted by Crippen LogP contribution is 2.11. The van der Waals surface area contributed by atoms with E-state index in [2.05, 4.69) is 10.3 Å². The maximum Gasteiger partial charge on any atom is 0.256 e. The molecule has 0 bridgehead atoms. The molecule has 2 aromatic rings. The maximum atomic E-state index is 11.9. The molecule has 0 unspecified atom stereocenters. The summed E-state index contributed by atoms with van der Waals surface area (Å²) >= 11 is 0. The SMILES string of the molecule is Cc1ccc(NC(=O)c2ccc(N)cc2)nc1C. The van der Waals surface area contributed by atoms with Gasteiger partial charge in [-0.1, -0.05) is 6.07 Å². The maximum absolute atomic E-state index is 11.9. The first-order valence-corrected chi connectivity index (χ1v) is 5.67. The number of nitrogens with one attached hydrogen (secondary N) is 1. The van der Waals surface area contributed by atoms with Crippen molar-refractivity contribution in [1.29, 1.82) is 0 Å². The van der Waals surface area contributed by atoms with Gasteiger partial charge in [0.15, 0.2) is 0 Å². The van der Waals surface area contributed by atoms with Crippen LogP contribution in [0, 0.1) is 13.8 Å². The van der Waals surface area contributed by atoms with E-state index in [-0.39, 0.29) is 5.91 Å². The number of anilines is 2. The summed E-state index contributed by atoms with van der Waals surface area (Å²) in [6.07, 6.45) is 0. The molecule has 92 valence electrons. The van der Waals surface area contributed by atoms with Crippen molar-refractivity contribution in [1.82, 2.24) is 4.98 Å². The number of carbonyl (C=O) groups is 1. The Kier molecular flexibility index (Phi) is 3.28. The average molecular weight is 241 g/mol. The summed E-state index contributed by atoms with van der Waals surface area (Å²) in [6.45, 7) is 3.89. The summed E-state index contributed by atoms with van der Waals surface area (Å²) in [6, 6.07) is 10.5. The molecule has 1 amide bonds. The molecule has 1 aromatic heterocycles. The Morgan fingerprint density at radius 1 is 1.11 bits per heavy atom. The second kappa shape index (κ2) is 4.87. The van der Waals surface area contributed by atoms with Crippen LogP contribution in [-0.4, -0.2) is 10.9 Å². The minimum absolute atomic E-state index is 0.189. The first-order chi connectivity index (χ1) is 8.56. The topological polar surface area (TPSA) is 68.0 Å². The van der Waals surface area contributed by atoms with Crippen LogP contribution in [0.4, 0.5) is 11.5 Å². The molecular weight excluding hydrogens is 226 g/mol. The van der Waals surface area contributed by atoms with Crippen molar-refractivity contribution in [3.05, 3.63) is 53.2 Å². The van der Waals surface area contributed by atoms with E-state index in [9.17, 15) is 4.79 Å². The van der Waals surface area contributed by atoms with Crippen LogP contribution in [0.15, 0.2) is 36.4 Å². The van der Waals surface area contributed by atoms with Gasteiger partial charge in [0.05, 0.1) is 0 Å². The number of nitrogen functional groups attached to an aromatic ring is 1. The lowest BCUT2D eigenvalue weighted by molar-refractivity contribution is 0.102. The molecule has 2 rings (SSSR count). The van der Waals surface area contributed by atoms with Gasteiger partial charge in [0.25, 0.3) is 5.91 Å². The number of nitrogens with zero attached hydrogens (tertiary/aromatic N) is 1. The van der Waals surface area contributed by atoms with Crippen LogP contribution in [0.2, 0.25) is 0 Å². The summed E-state index contributed by atoms with van der Waals surface area (Å²) in [5.74, 6) is 0.366. The third kappa shape index (κ3) is 2.66. The fourth-order valence-corrected chi connectivity index (χ4v) is 1.52. The second-order valence-electron chi connectivity index (χ2n) is 4.17. The standard InChI is InChI=1S/C14H15N3O/c1-9-3-8-13(16-10(9)2)17-14(18)11-4-6-12(15)7-5-11/h3-8H,15H2,1-2H3,(H,16,17,18). The van der Waals surface area contributed by atoms with E-state index in [0.29, 0.717) is 17.1 Å². The number of rotatable bonds is 2. The quantitative estimate of drug-likeness (QED) is 0.794. The van der Waals surface area contributed by atoms with Gasteiger partial charge in [-0.2, -0.15) is 0 Å². The van der Waals surface area contributed by atoms with Crippen molar-refractivity contribution in [3.63, 3.8) is 0 Å². The van der Waals surface area contributed by atoms with E-state index >= 15 is 0 Å². The Balaban J connectivity index is 2.16. The van der Waals surface area contributed by atoms with Crippen molar-refractivity contribution in [2.24, 2.45) is 0 Å². The Bertz CT molecular complexity index is 576. The van der Waals surface area contributed by atoms with Crippen molar-refractivity contribution < 1.29 is 4.79 Å². The second-order valence-corrected chi connectivity index (χ2v) is 4.17. The molecule has 1 aromatic carbocycles. The minimum atomic E-state index is -0.189. The van der Waals surface area contributed by atoms with Gasteiger partial charge in [0.2, 0.25) is 0 Å². The molecule has 0 aliphatic rings. The van der Waals surface area contributed by atoms with Crippen molar-refractivity contribution >= 4 is 17.4 Å². The predicted octanol–water partition coefficient (Wildman–Crippen LogP) is 2.53. The minimum Gasteiger partial charge on any atom is -0.399 e. The van der Waals surface area contributed by atoms with Crippen molar-refractivity contribution in [2.75, 3.05) is 11.1 Å². The molecule has 0 aliphatic carbocycles. The zero-order valence-corrected chi connectivity index (χ0v) is 10.4. The molecule has 4 nitrogen and oxygen atoms in total. The molecule has 18 heavy (non-hydrogen) atoms. The normalized spacial score (nSPS) is 10.1. The van der Waals surface area contributed by atoms with Crippen LogP contribution >= 0.6 is 0 Å². The number of nitrogens with two attached hydrogens (primary N) is 1. The lowest BCUT2D eigenvalue weighted by Crippen LogP contribution is -2.13. The van der Waals surface area contributed by atoms with Gasteiger partial charge in [-0.05, 0) is 49.7 Å². The summed E-state index contributed by atoms with van der Waals surface area (Å²) in [7, 11) is 0. The molecule has 0 radical (unpaired) electrons. The lowest BCUT2D eigenvalue weighted by atomic mass is 10.2. The number of aryl methyl sites for hydroxylation is 2. The fraction of sp³-hybridized carbons (Fsp3) is 0.143. The summed E-state index contributed by atoms with van der Waals surface area (Å²) in [5.41, 5.74) is 8.77. The molecule has 0 saturated heterocycles. The average Bonchev–Trinajstić information content (AvgIpc) is 2.34. The number of aromatic nitrogens is 1. The van der Waals surface area contributed by atoms with Gasteiger partial charge in [0, 0.05) is 16.9 Å². The largest absolute Gasteiger partial charge is 0.399 e. The van der Waals surface area contributed by atoms with Crippen LogP contribution in [0.1, 0.15) is 21.6 Å². The number of carbonyl (C=O) groups excluding carboxylic acids is 1. The molecule has 0 fully saturated rings. The Morgan fingerprint density at radius 3 is 2.39 bits per heavy atom. The molecule has 0 atom stereocenters. The number of benzene rings is 1. The predicted molar refractivity (Wildman–Crippen MR) is 72.5 cm³/mol. The zero-order chi connectivity index (χ0) is 13.1. The molecule has 0 aliphatic heterocycles. The van der Waals surface area contributed by atoms with E-state index in [1.54, 1.807) is 30.3 Å². The van der Waals surface area contributed by atoms with E-state index in [1.807, 2.05) is 19.9 Å². The van der Waals surface area contributed by atoms with Gasteiger partial charge in [-0.15, -0.1) is 0 Å². The summed E-state index contributed by atoms with van der Waals surface area (Å²) < 4.78 is 0. The molecule has 1 heterocycles. The van der Waals surface area contributed by atoms with Crippen molar-refractivity contribution in [3.8, 4) is 0 Å². The number of hydrogen-bond acceptors (Lipinski definition) is 3. The van der Waals surface area contributed by atoms with E-state index in [4.69, 9.17) is 5.73 Å². The molecular formula is C14H15N3O. The highest BCUT2D eigenvalue weighted by molar-refractivity contribution is 6.03. The molecule has 0 saturated carbocycles. The Morgan fingerprint density at radius 2 is 1.78 bits per heavy atom. The van der Waals surface area contributed by atoms with Crippen LogP contribution < -0.4 is 11.1 Å². The number of amides is 1. The third-order valence-electron chi connectivity index (χ3n) is 2.76. The third-order valence-corrected chi connectivity index (χ3v) is 2.76. The van der Waals surface area contributed by atoms with E-state index < -0.39 is 0 Å². The van der Waals surface area contributed by atoms with Crippen LogP contribution in [0.3, 0.4) is 0 Å². The van der Waals surface area contributed by atoms with Gasteiger partial charge in [0.1, 0.15) is 5.82 Å². The Hall–Kier alpha value is -2.36. The highest BCUT2D eigenvalue weighted by Gasteiger charge is 2.06. The van der Waals surface area contributed by atoms with Crippen LogP contribution in [0.25, 0.3) is 0 Å². The molecule has 4 heteroatoms. The summed E-state index contributed by atoms with van der Waals surface area (Å²) in [4.78, 5) is 16.2. The fourth-order valence-electron chi connectivity index (χ4n) is 1.52. The molecule has 0 spiro atoms. The van der Waals surface area contributed by atoms with Gasteiger partial charge in [-0.3, -0.25) is 4.79 Å². The van der Waals surface area contributed by atoms with Crippen molar-refractivity contribution in [2.45, 2.75) is 13.8 Å². The first kappa shape index (κ1) is 12.1. The smallest absolute Gasteiger partial charge is 0.256 e. The lowest BCUT2D eigenvalue weighted by Gasteiger charge is -2.06. The van der Waals surface area contributed by atoms with Gasteiger partial charge in [-0.25, -0.2) is 4.98 Å². The van der Waals surface area contributed by atoms with Crippen LogP contribution in [0.5, 0.6) is 0 Å². The van der Waals surface area contributed by atoms with E-state index in [0.717, 1.165) is 11.3 Å².